The molecule has 4 aliphatic heterocycles. The summed E-state index contributed by atoms with van der Waals surface area (Å²) in [7, 11) is 0. The number of anilines is 4. The third-order valence-electron chi connectivity index (χ3n) is 10.8. The van der Waals surface area contributed by atoms with Crippen molar-refractivity contribution in [3.05, 3.63) is 108 Å². The molecule has 224 valence electrons. The van der Waals surface area contributed by atoms with Gasteiger partial charge in [0.15, 0.2) is 0 Å². The van der Waals surface area contributed by atoms with Crippen molar-refractivity contribution in [3.63, 3.8) is 0 Å². The van der Waals surface area contributed by atoms with E-state index in [-0.39, 0.29) is 5.54 Å². The molecule has 0 aromatic heterocycles. The van der Waals surface area contributed by atoms with Crippen LogP contribution >= 0.6 is 0 Å². The van der Waals surface area contributed by atoms with Gasteiger partial charge in [0.1, 0.15) is 0 Å². The molecule has 6 bridgehead atoms. The molecular formula is C38H36N4OPt. The van der Waals surface area contributed by atoms with Crippen LogP contribution in [0, 0.1) is 0 Å². The van der Waals surface area contributed by atoms with E-state index in [2.05, 4.69) is 117 Å². The Morgan fingerprint density at radius 2 is 1.25 bits per heavy atom. The summed E-state index contributed by atoms with van der Waals surface area (Å²) in [4.78, 5) is 11.2. The SMILES string of the molecule is c1cc2cc(c1)Oc1cccc(c1)C1(CCCC1)N1[C]3=[Pt]=[C]4N(C2)c2ccccc2N4C2CCCCC2N3c2ccccc21. The van der Waals surface area contributed by atoms with Crippen molar-refractivity contribution in [3.8, 4) is 11.5 Å². The van der Waals surface area contributed by atoms with Crippen LogP contribution in [0.4, 0.5) is 22.7 Å². The van der Waals surface area contributed by atoms with Crippen LogP contribution in [0.3, 0.4) is 0 Å². The van der Waals surface area contributed by atoms with Gasteiger partial charge in [-0.2, -0.15) is 0 Å². The molecule has 10 rings (SSSR count). The first-order chi connectivity index (χ1) is 21.8. The molecule has 0 amide bonds. The van der Waals surface area contributed by atoms with Gasteiger partial charge in [-0.05, 0) is 0 Å². The van der Waals surface area contributed by atoms with E-state index in [4.69, 9.17) is 4.74 Å². The molecule has 2 unspecified atom stereocenters. The van der Waals surface area contributed by atoms with E-state index in [1.165, 1.54) is 85.2 Å². The summed E-state index contributed by atoms with van der Waals surface area (Å²) in [5.41, 5.74) is 8.20. The van der Waals surface area contributed by atoms with Gasteiger partial charge < -0.3 is 0 Å². The normalized spacial score (nSPS) is 24.2. The molecule has 0 radical (unpaired) electrons. The van der Waals surface area contributed by atoms with Crippen LogP contribution in [0.15, 0.2) is 97.1 Å². The van der Waals surface area contributed by atoms with Crippen LogP contribution in [0.25, 0.3) is 0 Å². The number of para-hydroxylation sites is 4. The van der Waals surface area contributed by atoms with Crippen LogP contribution in [0.1, 0.15) is 62.5 Å². The quantitative estimate of drug-likeness (QED) is 0.181. The van der Waals surface area contributed by atoms with Gasteiger partial charge in [-0.3, -0.25) is 0 Å². The molecule has 6 heteroatoms. The first kappa shape index (κ1) is 25.6. The fourth-order valence-electron chi connectivity index (χ4n) is 8.90. The molecule has 5 nitrogen and oxygen atoms in total. The van der Waals surface area contributed by atoms with Crippen molar-refractivity contribution in [1.29, 1.82) is 0 Å². The monoisotopic (exact) mass is 759 g/mol. The maximum absolute atomic E-state index is 6.64. The number of hydrogen-bond donors (Lipinski definition) is 0. The van der Waals surface area contributed by atoms with Crippen molar-refractivity contribution in [2.24, 2.45) is 0 Å². The summed E-state index contributed by atoms with van der Waals surface area (Å²) in [5.74, 6) is 1.85. The Kier molecular flexibility index (Phi) is 5.62. The standard InChI is InChI=1S/C38H36N4O.Pt/c1-2-16-33-32(15-1)39-25-28-11-9-13-30(23-28)43-31-14-10-12-29(24-31)38(21-7-8-22-38)42-27-41(36-19-5-6-20-37(36)42)35-18-4-3-17-34(35)40(33)26-39;/h1-2,5-6,9-16,19-20,23-24,34-35H,3-4,7-8,17-18,21-22,25H2;. The molecule has 4 aromatic carbocycles. The zero-order valence-corrected chi connectivity index (χ0v) is 27.0. The molecule has 4 heterocycles. The molecular weight excluding hydrogens is 724 g/mol. The van der Waals surface area contributed by atoms with Gasteiger partial charge in [0.2, 0.25) is 0 Å². The molecule has 6 aliphatic rings. The minimum atomic E-state index is -0.559. The topological polar surface area (TPSA) is 22.2 Å². The summed E-state index contributed by atoms with van der Waals surface area (Å²) in [5, 5.41) is 0. The van der Waals surface area contributed by atoms with Gasteiger partial charge in [-0.25, -0.2) is 0 Å². The fraction of sp³-hybridized carbons (Fsp3) is 0.316. The Hall–Kier alpha value is -3.69. The summed E-state index contributed by atoms with van der Waals surface area (Å²) in [6.45, 7) is 0.850. The van der Waals surface area contributed by atoms with Gasteiger partial charge >= 0.3 is 268 Å². The fourth-order valence-corrected chi connectivity index (χ4v) is 13.0. The van der Waals surface area contributed by atoms with E-state index in [9.17, 15) is 0 Å². The van der Waals surface area contributed by atoms with Crippen LogP contribution in [-0.4, -0.2) is 20.4 Å². The third-order valence-corrected chi connectivity index (χ3v) is 14.0. The minimum absolute atomic E-state index is 0.0816. The van der Waals surface area contributed by atoms with Gasteiger partial charge in [0.25, 0.3) is 0 Å². The van der Waals surface area contributed by atoms with E-state index in [1.54, 1.807) is 8.29 Å². The predicted molar refractivity (Wildman–Crippen MR) is 176 cm³/mol. The Bertz CT molecular complexity index is 1890. The van der Waals surface area contributed by atoms with Crippen molar-refractivity contribution >= 4 is 31.0 Å². The van der Waals surface area contributed by atoms with E-state index in [0.717, 1.165) is 18.0 Å². The Morgan fingerprint density at radius 1 is 0.614 bits per heavy atom. The molecule has 2 atom stereocenters. The molecule has 2 fully saturated rings. The third kappa shape index (κ3) is 3.56. The predicted octanol–water partition coefficient (Wildman–Crippen LogP) is 8.00. The van der Waals surface area contributed by atoms with E-state index in [1.807, 2.05) is 0 Å². The second kappa shape index (κ2) is 9.65. The Morgan fingerprint density at radius 3 is 2.02 bits per heavy atom. The molecule has 1 spiro atoms. The van der Waals surface area contributed by atoms with E-state index >= 15 is 0 Å². The average Bonchev–Trinajstić information content (AvgIpc) is 3.73. The van der Waals surface area contributed by atoms with Crippen molar-refractivity contribution in [1.82, 2.24) is 0 Å². The number of rotatable bonds is 0. The van der Waals surface area contributed by atoms with Crippen LogP contribution in [0.5, 0.6) is 11.5 Å². The molecule has 2 aliphatic carbocycles. The number of nitrogens with zero attached hydrogens (tertiary/aromatic N) is 4. The van der Waals surface area contributed by atoms with Gasteiger partial charge in [0.05, 0.1) is 0 Å². The number of benzene rings is 4. The molecule has 44 heavy (non-hydrogen) atoms. The second-order valence-electron chi connectivity index (χ2n) is 13.1. The molecule has 4 aromatic rings. The average molecular weight is 760 g/mol. The molecule has 0 saturated heterocycles. The molecule has 0 N–H and O–H groups in total. The van der Waals surface area contributed by atoms with Crippen molar-refractivity contribution < 1.29 is 22.4 Å². The van der Waals surface area contributed by atoms with Crippen LogP contribution in [-0.2, 0) is 29.7 Å². The summed E-state index contributed by atoms with van der Waals surface area (Å²) in [6.07, 6.45) is 9.92. The zero-order chi connectivity index (χ0) is 28.8. The van der Waals surface area contributed by atoms with Crippen LogP contribution < -0.4 is 24.3 Å². The van der Waals surface area contributed by atoms with Crippen molar-refractivity contribution in [2.75, 3.05) is 19.6 Å². The first-order valence-corrected chi connectivity index (χ1v) is 18.6. The summed E-state index contributed by atoms with van der Waals surface area (Å²) < 4.78 is 9.76. The zero-order valence-electron chi connectivity index (χ0n) is 24.8. The molecule has 2 saturated carbocycles. The van der Waals surface area contributed by atoms with Gasteiger partial charge in [-0.1, -0.05) is 0 Å². The maximum atomic E-state index is 6.64. The van der Waals surface area contributed by atoms with E-state index in [0.29, 0.717) is 12.1 Å². The van der Waals surface area contributed by atoms with Gasteiger partial charge in [-0.15, -0.1) is 0 Å². The van der Waals surface area contributed by atoms with Gasteiger partial charge in [0, 0.05) is 0 Å². The Balaban J connectivity index is 1.32. The number of hydrogen-bond acceptors (Lipinski definition) is 5. The van der Waals surface area contributed by atoms with E-state index < -0.39 is 17.6 Å². The number of ether oxygens (including phenoxy) is 1. The Labute approximate surface area is 267 Å². The van der Waals surface area contributed by atoms with Crippen LogP contribution in [0.2, 0.25) is 0 Å². The number of fused-ring (bicyclic) bond motifs is 15. The summed E-state index contributed by atoms with van der Waals surface area (Å²) in [6, 6.07) is 37.4. The second-order valence-corrected chi connectivity index (χ2v) is 15.7. The first-order valence-electron chi connectivity index (χ1n) is 16.3. The summed E-state index contributed by atoms with van der Waals surface area (Å²) >= 11 is -0.559. The van der Waals surface area contributed by atoms with Crippen molar-refractivity contribution in [2.45, 2.75) is 75.5 Å².